The molecule has 0 fully saturated rings. The molecule has 0 aliphatic heterocycles. The number of carbonyl (C=O) groups excluding carboxylic acids is 2. The summed E-state index contributed by atoms with van der Waals surface area (Å²) in [5.74, 6) is -1.45. The molecule has 3 amide bonds. The standard InChI is InChI=1S/C10H19N3O4/c1-3-13(7(2)6-9(15)16)10(17)12-5-4-8(11)14/h7H,3-6H2,1-2H3,(H2,11,14)(H,12,17)(H,15,16). The van der Waals surface area contributed by atoms with Crippen LogP contribution >= 0.6 is 0 Å². The van der Waals surface area contributed by atoms with Crippen LogP contribution in [0.25, 0.3) is 0 Å². The third-order valence-electron chi connectivity index (χ3n) is 2.25. The summed E-state index contributed by atoms with van der Waals surface area (Å²) in [6.07, 6.45) is -0.0479. The molecule has 0 heterocycles. The second-order valence-corrected chi connectivity index (χ2v) is 3.68. The first-order valence-electron chi connectivity index (χ1n) is 5.43. The predicted octanol–water partition coefficient (Wildman–Crippen LogP) is -0.243. The van der Waals surface area contributed by atoms with Crippen molar-refractivity contribution in [1.29, 1.82) is 0 Å². The van der Waals surface area contributed by atoms with Crippen LogP contribution in [0.15, 0.2) is 0 Å². The average Bonchev–Trinajstić information content (AvgIpc) is 2.16. The number of carboxylic acids is 1. The van der Waals surface area contributed by atoms with E-state index in [1.807, 2.05) is 0 Å². The molecular weight excluding hydrogens is 226 g/mol. The van der Waals surface area contributed by atoms with E-state index in [9.17, 15) is 14.4 Å². The molecule has 0 saturated heterocycles. The number of aliphatic carboxylic acids is 1. The van der Waals surface area contributed by atoms with Crippen LogP contribution in [0.5, 0.6) is 0 Å². The van der Waals surface area contributed by atoms with E-state index in [0.717, 1.165) is 0 Å². The van der Waals surface area contributed by atoms with E-state index in [4.69, 9.17) is 10.8 Å². The van der Waals surface area contributed by atoms with Crippen molar-refractivity contribution < 1.29 is 19.5 Å². The SMILES string of the molecule is CCN(C(=O)NCCC(N)=O)C(C)CC(=O)O. The van der Waals surface area contributed by atoms with Crippen molar-refractivity contribution in [3.8, 4) is 0 Å². The summed E-state index contributed by atoms with van der Waals surface area (Å²) in [6, 6.07) is -0.784. The third-order valence-corrected chi connectivity index (χ3v) is 2.25. The molecule has 7 heteroatoms. The molecule has 0 aromatic carbocycles. The van der Waals surface area contributed by atoms with Gasteiger partial charge in [-0.15, -0.1) is 0 Å². The number of hydrogen-bond donors (Lipinski definition) is 3. The topological polar surface area (TPSA) is 113 Å². The molecule has 0 aromatic rings. The lowest BCUT2D eigenvalue weighted by atomic mass is 10.2. The number of nitrogens with one attached hydrogen (secondary N) is 1. The van der Waals surface area contributed by atoms with Crippen LogP contribution in [0, 0.1) is 0 Å². The van der Waals surface area contributed by atoms with Gasteiger partial charge >= 0.3 is 12.0 Å². The van der Waals surface area contributed by atoms with Crippen molar-refractivity contribution in [3.63, 3.8) is 0 Å². The fraction of sp³-hybridized carbons (Fsp3) is 0.700. The molecule has 1 unspecified atom stereocenters. The molecule has 0 aromatic heterocycles. The molecular formula is C10H19N3O4. The zero-order valence-electron chi connectivity index (χ0n) is 10.1. The predicted molar refractivity (Wildman–Crippen MR) is 61.3 cm³/mol. The number of carbonyl (C=O) groups is 3. The Morgan fingerprint density at radius 2 is 2.00 bits per heavy atom. The minimum absolute atomic E-state index is 0.0661. The van der Waals surface area contributed by atoms with Crippen molar-refractivity contribution in [2.24, 2.45) is 5.73 Å². The van der Waals surface area contributed by atoms with Crippen molar-refractivity contribution in [1.82, 2.24) is 10.2 Å². The lowest BCUT2D eigenvalue weighted by Crippen LogP contribution is -2.46. The van der Waals surface area contributed by atoms with Crippen LogP contribution in [0.4, 0.5) is 4.79 Å². The average molecular weight is 245 g/mol. The molecule has 0 spiro atoms. The first-order valence-corrected chi connectivity index (χ1v) is 5.43. The van der Waals surface area contributed by atoms with E-state index in [2.05, 4.69) is 5.32 Å². The minimum atomic E-state index is -0.958. The maximum absolute atomic E-state index is 11.6. The molecule has 17 heavy (non-hydrogen) atoms. The first kappa shape index (κ1) is 15.2. The summed E-state index contributed by atoms with van der Waals surface area (Å²) in [5.41, 5.74) is 4.93. The van der Waals surface area contributed by atoms with E-state index in [0.29, 0.717) is 6.54 Å². The molecule has 0 rings (SSSR count). The van der Waals surface area contributed by atoms with Crippen LogP contribution in [0.3, 0.4) is 0 Å². The molecule has 0 bridgehead atoms. The van der Waals surface area contributed by atoms with Crippen LogP contribution < -0.4 is 11.1 Å². The summed E-state index contributed by atoms with van der Waals surface area (Å²) < 4.78 is 0. The van der Waals surface area contributed by atoms with Gasteiger partial charge in [-0.05, 0) is 13.8 Å². The summed E-state index contributed by atoms with van der Waals surface area (Å²) in [4.78, 5) is 34.1. The summed E-state index contributed by atoms with van der Waals surface area (Å²) in [6.45, 7) is 3.97. The smallest absolute Gasteiger partial charge is 0.317 e. The van der Waals surface area contributed by atoms with Gasteiger partial charge in [-0.2, -0.15) is 0 Å². The zero-order chi connectivity index (χ0) is 13.4. The zero-order valence-corrected chi connectivity index (χ0v) is 10.1. The minimum Gasteiger partial charge on any atom is -0.481 e. The Hall–Kier alpha value is -1.79. The van der Waals surface area contributed by atoms with Gasteiger partial charge in [0.1, 0.15) is 0 Å². The van der Waals surface area contributed by atoms with E-state index in [1.54, 1.807) is 13.8 Å². The lowest BCUT2D eigenvalue weighted by molar-refractivity contribution is -0.138. The molecule has 0 aliphatic rings. The van der Waals surface area contributed by atoms with E-state index in [-0.39, 0.29) is 25.4 Å². The molecule has 1 atom stereocenters. The van der Waals surface area contributed by atoms with Gasteiger partial charge in [0, 0.05) is 25.6 Å². The molecule has 0 aliphatic carbocycles. The Kier molecular flexibility index (Phi) is 6.69. The highest BCUT2D eigenvalue weighted by Gasteiger charge is 2.20. The van der Waals surface area contributed by atoms with E-state index in [1.165, 1.54) is 4.90 Å². The Bertz CT molecular complexity index is 293. The first-order chi connectivity index (χ1) is 7.88. The van der Waals surface area contributed by atoms with Crippen LogP contribution in [0.1, 0.15) is 26.7 Å². The maximum atomic E-state index is 11.6. The molecule has 7 nitrogen and oxygen atoms in total. The van der Waals surface area contributed by atoms with Gasteiger partial charge in [-0.25, -0.2) is 4.79 Å². The number of nitrogens with two attached hydrogens (primary N) is 1. The van der Waals surface area contributed by atoms with Gasteiger partial charge in [-0.1, -0.05) is 0 Å². The van der Waals surface area contributed by atoms with Crippen LogP contribution in [-0.4, -0.2) is 47.0 Å². The van der Waals surface area contributed by atoms with Gasteiger partial charge in [0.25, 0.3) is 0 Å². The third kappa shape index (κ3) is 6.39. The largest absolute Gasteiger partial charge is 0.481 e. The number of hydrogen-bond acceptors (Lipinski definition) is 3. The molecule has 98 valence electrons. The number of primary amides is 1. The second-order valence-electron chi connectivity index (χ2n) is 3.68. The quantitative estimate of drug-likeness (QED) is 0.574. The Labute approximate surface area is 100.0 Å². The lowest BCUT2D eigenvalue weighted by Gasteiger charge is -2.27. The Morgan fingerprint density at radius 1 is 1.41 bits per heavy atom. The Morgan fingerprint density at radius 3 is 2.41 bits per heavy atom. The highest BCUT2D eigenvalue weighted by atomic mass is 16.4. The van der Waals surface area contributed by atoms with Crippen LogP contribution in [0.2, 0.25) is 0 Å². The fourth-order valence-electron chi connectivity index (χ4n) is 1.41. The maximum Gasteiger partial charge on any atom is 0.317 e. The molecule has 4 N–H and O–H groups in total. The van der Waals surface area contributed by atoms with E-state index < -0.39 is 17.9 Å². The van der Waals surface area contributed by atoms with Gasteiger partial charge in [0.05, 0.1) is 6.42 Å². The highest BCUT2D eigenvalue weighted by molar-refractivity contribution is 5.77. The summed E-state index contributed by atoms with van der Waals surface area (Å²) in [5, 5.41) is 11.2. The van der Waals surface area contributed by atoms with Crippen LogP contribution in [-0.2, 0) is 9.59 Å². The number of nitrogens with zero attached hydrogens (tertiary/aromatic N) is 1. The fourth-order valence-corrected chi connectivity index (χ4v) is 1.41. The monoisotopic (exact) mass is 245 g/mol. The number of carboxylic acid groups (broad SMARTS) is 1. The molecule has 0 saturated carbocycles. The van der Waals surface area contributed by atoms with Gasteiger partial charge in [0.2, 0.25) is 5.91 Å². The second kappa shape index (κ2) is 7.48. The number of rotatable bonds is 7. The van der Waals surface area contributed by atoms with Gasteiger partial charge in [-0.3, -0.25) is 9.59 Å². The number of amides is 3. The van der Waals surface area contributed by atoms with Crippen molar-refractivity contribution in [2.75, 3.05) is 13.1 Å². The summed E-state index contributed by atoms with van der Waals surface area (Å²) >= 11 is 0. The van der Waals surface area contributed by atoms with Gasteiger partial charge in [0.15, 0.2) is 0 Å². The van der Waals surface area contributed by atoms with E-state index >= 15 is 0 Å². The number of urea groups is 1. The van der Waals surface area contributed by atoms with Crippen molar-refractivity contribution in [2.45, 2.75) is 32.7 Å². The normalized spacial score (nSPS) is 11.6. The van der Waals surface area contributed by atoms with Crippen molar-refractivity contribution in [3.05, 3.63) is 0 Å². The summed E-state index contributed by atoms with van der Waals surface area (Å²) in [7, 11) is 0. The Balaban J connectivity index is 4.20. The van der Waals surface area contributed by atoms with Gasteiger partial charge < -0.3 is 21.1 Å². The van der Waals surface area contributed by atoms with Crippen molar-refractivity contribution >= 4 is 17.9 Å². The molecule has 0 radical (unpaired) electrons. The highest BCUT2D eigenvalue weighted by Crippen LogP contribution is 2.04.